The SMILES string of the molecule is Cn1nc(C2CCCCS2(=O)=O)cc1C=O. The average molecular weight is 242 g/mol. The molecular weight excluding hydrogens is 228 g/mol. The van der Waals surface area contributed by atoms with Gasteiger partial charge >= 0.3 is 0 Å². The van der Waals surface area contributed by atoms with Crippen molar-refractivity contribution in [2.75, 3.05) is 5.75 Å². The highest BCUT2D eigenvalue weighted by Crippen LogP contribution is 2.32. The predicted molar refractivity (Wildman–Crippen MR) is 59.0 cm³/mol. The molecule has 0 aromatic carbocycles. The van der Waals surface area contributed by atoms with Crippen LogP contribution in [0.5, 0.6) is 0 Å². The van der Waals surface area contributed by atoms with Crippen molar-refractivity contribution in [3.05, 3.63) is 17.5 Å². The molecular formula is C10H14N2O3S. The lowest BCUT2D eigenvalue weighted by atomic mass is 10.1. The minimum Gasteiger partial charge on any atom is -0.296 e. The standard InChI is InChI=1S/C10H14N2O3S/c1-12-8(7-13)6-9(11-12)10-4-2-3-5-16(10,14)15/h6-7,10H,2-5H2,1H3. The average Bonchev–Trinajstić information content (AvgIpc) is 2.58. The van der Waals surface area contributed by atoms with Gasteiger partial charge in [0.25, 0.3) is 0 Å². The third-order valence-corrected chi connectivity index (χ3v) is 5.17. The van der Waals surface area contributed by atoms with Crippen LogP contribution >= 0.6 is 0 Å². The number of sulfone groups is 1. The lowest BCUT2D eigenvalue weighted by Crippen LogP contribution is -2.22. The second-order valence-corrected chi connectivity index (χ2v) is 6.39. The first-order valence-corrected chi connectivity index (χ1v) is 6.97. The van der Waals surface area contributed by atoms with Crippen LogP contribution in [0, 0.1) is 0 Å². The molecule has 0 amide bonds. The molecule has 0 N–H and O–H groups in total. The van der Waals surface area contributed by atoms with E-state index in [0.29, 0.717) is 24.1 Å². The zero-order valence-corrected chi connectivity index (χ0v) is 9.90. The van der Waals surface area contributed by atoms with E-state index in [2.05, 4.69) is 5.10 Å². The summed E-state index contributed by atoms with van der Waals surface area (Å²) in [5.41, 5.74) is 0.917. The molecule has 1 fully saturated rings. The third kappa shape index (κ3) is 1.89. The Bertz CT molecular complexity index is 504. The molecule has 0 radical (unpaired) electrons. The van der Waals surface area contributed by atoms with Crippen LogP contribution in [0.4, 0.5) is 0 Å². The maximum absolute atomic E-state index is 11.9. The number of hydrogen-bond donors (Lipinski definition) is 0. The van der Waals surface area contributed by atoms with Gasteiger partial charge in [0.15, 0.2) is 16.1 Å². The van der Waals surface area contributed by atoms with Crippen molar-refractivity contribution in [2.24, 2.45) is 7.05 Å². The monoisotopic (exact) mass is 242 g/mol. The van der Waals surface area contributed by atoms with E-state index in [1.165, 1.54) is 4.68 Å². The first-order valence-electron chi connectivity index (χ1n) is 5.25. The molecule has 1 saturated heterocycles. The molecule has 1 aromatic heterocycles. The van der Waals surface area contributed by atoms with Gasteiger partial charge in [0, 0.05) is 7.05 Å². The summed E-state index contributed by atoms with van der Waals surface area (Å²) in [4.78, 5) is 10.7. The number of rotatable bonds is 2. The van der Waals surface area contributed by atoms with Crippen molar-refractivity contribution >= 4 is 16.1 Å². The smallest absolute Gasteiger partial charge is 0.168 e. The lowest BCUT2D eigenvalue weighted by molar-refractivity contribution is 0.111. The summed E-state index contributed by atoms with van der Waals surface area (Å²) in [6.07, 6.45) is 2.92. The molecule has 1 aliphatic heterocycles. The van der Waals surface area contributed by atoms with Gasteiger partial charge in [0.2, 0.25) is 0 Å². The van der Waals surface area contributed by atoms with Crippen molar-refractivity contribution in [1.29, 1.82) is 0 Å². The van der Waals surface area contributed by atoms with Gasteiger partial charge in [-0.05, 0) is 18.9 Å². The topological polar surface area (TPSA) is 69.0 Å². The summed E-state index contributed by atoms with van der Waals surface area (Å²) in [6, 6.07) is 1.57. The Morgan fingerprint density at radius 3 is 2.81 bits per heavy atom. The Morgan fingerprint density at radius 1 is 1.50 bits per heavy atom. The second-order valence-electron chi connectivity index (χ2n) is 4.09. The minimum atomic E-state index is -3.08. The number of aldehydes is 1. The fourth-order valence-corrected chi connectivity index (χ4v) is 3.96. The number of aryl methyl sites for hydroxylation is 1. The molecule has 1 aliphatic rings. The maximum atomic E-state index is 11.9. The number of hydrogen-bond acceptors (Lipinski definition) is 4. The zero-order valence-electron chi connectivity index (χ0n) is 9.09. The molecule has 5 nitrogen and oxygen atoms in total. The third-order valence-electron chi connectivity index (χ3n) is 2.96. The molecule has 1 unspecified atom stereocenters. The summed E-state index contributed by atoms with van der Waals surface area (Å²) < 4.78 is 25.1. The van der Waals surface area contributed by atoms with Crippen LogP contribution in [0.3, 0.4) is 0 Å². The normalized spacial score (nSPS) is 24.2. The number of carbonyl (C=O) groups excluding carboxylic acids is 1. The summed E-state index contributed by atoms with van der Waals surface area (Å²) in [7, 11) is -1.44. The zero-order chi connectivity index (χ0) is 11.8. The summed E-state index contributed by atoms with van der Waals surface area (Å²) in [5, 5.41) is 3.58. The van der Waals surface area contributed by atoms with E-state index in [0.717, 1.165) is 12.8 Å². The Balaban J connectivity index is 2.39. The van der Waals surface area contributed by atoms with Crippen LogP contribution in [0.1, 0.15) is 40.7 Å². The maximum Gasteiger partial charge on any atom is 0.168 e. The van der Waals surface area contributed by atoms with Crippen LogP contribution in [-0.4, -0.2) is 30.2 Å². The number of aromatic nitrogens is 2. The first-order chi connectivity index (χ1) is 7.54. The molecule has 1 aromatic rings. The van der Waals surface area contributed by atoms with Gasteiger partial charge in [-0.3, -0.25) is 9.48 Å². The Hall–Kier alpha value is -1.17. The molecule has 0 spiro atoms. The summed E-state index contributed by atoms with van der Waals surface area (Å²) in [5.74, 6) is 0.227. The van der Waals surface area contributed by atoms with E-state index in [1.54, 1.807) is 13.1 Å². The van der Waals surface area contributed by atoms with Gasteiger partial charge in [-0.15, -0.1) is 0 Å². The van der Waals surface area contributed by atoms with Crippen molar-refractivity contribution in [1.82, 2.24) is 9.78 Å². The Morgan fingerprint density at radius 2 is 2.25 bits per heavy atom. The van der Waals surface area contributed by atoms with Crippen LogP contribution in [0.2, 0.25) is 0 Å². The van der Waals surface area contributed by atoms with Crippen LogP contribution in [0.15, 0.2) is 6.07 Å². The highest BCUT2D eigenvalue weighted by molar-refractivity contribution is 7.91. The fraction of sp³-hybridized carbons (Fsp3) is 0.600. The van der Waals surface area contributed by atoms with Gasteiger partial charge < -0.3 is 0 Å². The molecule has 0 saturated carbocycles. The van der Waals surface area contributed by atoms with Crippen LogP contribution in [-0.2, 0) is 16.9 Å². The molecule has 0 aliphatic carbocycles. The first kappa shape index (κ1) is 11.3. The fourth-order valence-electron chi connectivity index (χ4n) is 2.06. The van der Waals surface area contributed by atoms with E-state index in [9.17, 15) is 13.2 Å². The van der Waals surface area contributed by atoms with Gasteiger partial charge in [0.05, 0.1) is 11.4 Å². The van der Waals surface area contributed by atoms with Crippen LogP contribution < -0.4 is 0 Å². The van der Waals surface area contributed by atoms with Crippen molar-refractivity contribution in [3.8, 4) is 0 Å². The van der Waals surface area contributed by atoms with Crippen molar-refractivity contribution in [3.63, 3.8) is 0 Å². The Labute approximate surface area is 94.4 Å². The van der Waals surface area contributed by atoms with Gasteiger partial charge in [0.1, 0.15) is 10.9 Å². The van der Waals surface area contributed by atoms with E-state index in [4.69, 9.17) is 0 Å². The van der Waals surface area contributed by atoms with E-state index in [1.807, 2.05) is 0 Å². The molecule has 1 atom stereocenters. The number of nitrogens with zero attached hydrogens (tertiary/aromatic N) is 2. The summed E-state index contributed by atoms with van der Waals surface area (Å²) >= 11 is 0. The lowest BCUT2D eigenvalue weighted by Gasteiger charge is -2.20. The van der Waals surface area contributed by atoms with Crippen molar-refractivity contribution < 1.29 is 13.2 Å². The number of carbonyl (C=O) groups is 1. The van der Waals surface area contributed by atoms with E-state index >= 15 is 0 Å². The molecule has 88 valence electrons. The van der Waals surface area contributed by atoms with Gasteiger partial charge in [-0.2, -0.15) is 5.10 Å². The van der Waals surface area contributed by atoms with E-state index in [-0.39, 0.29) is 5.75 Å². The molecule has 6 heteroatoms. The molecule has 0 bridgehead atoms. The second kappa shape index (κ2) is 4.01. The molecule has 2 rings (SSSR count). The minimum absolute atomic E-state index is 0.227. The Kier molecular flexibility index (Phi) is 2.84. The van der Waals surface area contributed by atoms with E-state index < -0.39 is 15.1 Å². The molecule has 16 heavy (non-hydrogen) atoms. The highest BCUT2D eigenvalue weighted by Gasteiger charge is 2.32. The molecule has 2 heterocycles. The predicted octanol–water partition coefficient (Wildman–Crippen LogP) is 0.872. The van der Waals surface area contributed by atoms with Gasteiger partial charge in [-0.1, -0.05) is 6.42 Å². The van der Waals surface area contributed by atoms with Crippen molar-refractivity contribution in [2.45, 2.75) is 24.5 Å². The highest BCUT2D eigenvalue weighted by atomic mass is 32.2. The quantitative estimate of drug-likeness (QED) is 0.722. The largest absolute Gasteiger partial charge is 0.296 e. The van der Waals surface area contributed by atoms with Crippen LogP contribution in [0.25, 0.3) is 0 Å². The summed E-state index contributed by atoms with van der Waals surface area (Å²) in [6.45, 7) is 0. The van der Waals surface area contributed by atoms with Gasteiger partial charge in [-0.25, -0.2) is 8.42 Å².